The number of rotatable bonds is 5. The second kappa shape index (κ2) is 9.03. The molecule has 1 N–H and O–H groups in total. The van der Waals surface area contributed by atoms with Crippen molar-refractivity contribution in [3.05, 3.63) is 66.1 Å². The smallest absolute Gasteiger partial charge is 0.340 e. The normalized spacial score (nSPS) is 13.9. The van der Waals surface area contributed by atoms with Crippen molar-refractivity contribution >= 4 is 45.3 Å². The third-order valence-corrected chi connectivity index (χ3v) is 5.86. The Hall–Kier alpha value is -4.11. The highest BCUT2D eigenvalue weighted by Crippen LogP contribution is 2.32. The fraction of sp³-hybridized carbons (Fsp3) is 0.240. The maximum atomic E-state index is 13.2. The second-order valence-electron chi connectivity index (χ2n) is 7.93. The van der Waals surface area contributed by atoms with Crippen LogP contribution in [-0.2, 0) is 20.8 Å². The van der Waals surface area contributed by atoms with Crippen LogP contribution in [0.5, 0.6) is 0 Å². The Labute approximate surface area is 194 Å². The first-order chi connectivity index (χ1) is 16.6. The van der Waals surface area contributed by atoms with Gasteiger partial charge in [0, 0.05) is 35.6 Å². The quantitative estimate of drug-likeness (QED) is 0.458. The SMILES string of the molecule is COC(=O)c1cn(CC(=O)Nc2c(C(=O)N3CCOCC3)oc3ccccc23)c2ccccc12. The Morgan fingerprint density at radius 2 is 1.71 bits per heavy atom. The van der Waals surface area contributed by atoms with E-state index in [2.05, 4.69) is 5.32 Å². The van der Waals surface area contributed by atoms with Gasteiger partial charge in [0.15, 0.2) is 0 Å². The lowest BCUT2D eigenvalue weighted by atomic mass is 10.2. The maximum absolute atomic E-state index is 13.2. The highest BCUT2D eigenvalue weighted by atomic mass is 16.5. The molecule has 2 amide bonds. The molecule has 0 atom stereocenters. The molecule has 2 aromatic heterocycles. The van der Waals surface area contributed by atoms with E-state index in [9.17, 15) is 14.4 Å². The summed E-state index contributed by atoms with van der Waals surface area (Å²) in [7, 11) is 1.32. The monoisotopic (exact) mass is 461 g/mol. The maximum Gasteiger partial charge on any atom is 0.340 e. The molecule has 9 heteroatoms. The third kappa shape index (κ3) is 3.90. The number of morpholine rings is 1. The lowest BCUT2D eigenvalue weighted by molar-refractivity contribution is -0.116. The number of benzene rings is 2. The minimum Gasteiger partial charge on any atom is -0.465 e. The van der Waals surface area contributed by atoms with E-state index in [1.54, 1.807) is 39.9 Å². The Bertz CT molecular complexity index is 1400. The van der Waals surface area contributed by atoms with Crippen LogP contribution in [0, 0.1) is 0 Å². The van der Waals surface area contributed by atoms with Gasteiger partial charge in [0.25, 0.3) is 5.91 Å². The molecule has 174 valence electrons. The van der Waals surface area contributed by atoms with Gasteiger partial charge in [-0.3, -0.25) is 9.59 Å². The molecule has 1 aliphatic heterocycles. The molecule has 34 heavy (non-hydrogen) atoms. The summed E-state index contributed by atoms with van der Waals surface area (Å²) >= 11 is 0. The van der Waals surface area contributed by atoms with Crippen molar-refractivity contribution in [1.29, 1.82) is 0 Å². The fourth-order valence-electron chi connectivity index (χ4n) is 4.21. The molecule has 0 radical (unpaired) electrons. The molecule has 0 bridgehead atoms. The van der Waals surface area contributed by atoms with Crippen molar-refractivity contribution in [1.82, 2.24) is 9.47 Å². The third-order valence-electron chi connectivity index (χ3n) is 5.86. The van der Waals surface area contributed by atoms with Crippen LogP contribution in [-0.4, -0.2) is 60.7 Å². The van der Waals surface area contributed by atoms with Crippen molar-refractivity contribution in [3.63, 3.8) is 0 Å². The van der Waals surface area contributed by atoms with Crippen LogP contribution in [0.25, 0.3) is 21.9 Å². The average Bonchev–Trinajstić information content (AvgIpc) is 3.42. The van der Waals surface area contributed by atoms with Crippen molar-refractivity contribution < 1.29 is 28.3 Å². The van der Waals surface area contributed by atoms with Crippen LogP contribution in [0.2, 0.25) is 0 Å². The highest BCUT2D eigenvalue weighted by molar-refractivity contribution is 6.11. The molecule has 5 rings (SSSR count). The summed E-state index contributed by atoms with van der Waals surface area (Å²) in [6.07, 6.45) is 1.60. The molecular formula is C25H23N3O6. The Morgan fingerprint density at radius 3 is 2.47 bits per heavy atom. The topological polar surface area (TPSA) is 103 Å². The zero-order chi connectivity index (χ0) is 23.7. The largest absolute Gasteiger partial charge is 0.465 e. The number of hydrogen-bond acceptors (Lipinski definition) is 6. The molecule has 0 unspecified atom stereocenters. The number of amides is 2. The van der Waals surface area contributed by atoms with Crippen LogP contribution in [0.3, 0.4) is 0 Å². The summed E-state index contributed by atoms with van der Waals surface area (Å²) in [6, 6.07) is 14.5. The average molecular weight is 461 g/mol. The lowest BCUT2D eigenvalue weighted by Gasteiger charge is -2.26. The minimum atomic E-state index is -0.477. The van der Waals surface area contributed by atoms with E-state index in [-0.39, 0.29) is 24.1 Å². The number of nitrogens with zero attached hydrogens (tertiary/aromatic N) is 2. The summed E-state index contributed by atoms with van der Waals surface area (Å²) in [5.41, 5.74) is 1.94. The molecule has 4 aromatic rings. The number of fused-ring (bicyclic) bond motifs is 2. The van der Waals surface area contributed by atoms with Gasteiger partial charge >= 0.3 is 5.97 Å². The predicted octanol–water partition coefficient (Wildman–Crippen LogP) is 3.29. The Balaban J connectivity index is 1.46. The van der Waals surface area contributed by atoms with Crippen LogP contribution in [0.4, 0.5) is 5.69 Å². The number of anilines is 1. The van der Waals surface area contributed by atoms with Gasteiger partial charge in [-0.15, -0.1) is 0 Å². The van der Waals surface area contributed by atoms with Gasteiger partial charge < -0.3 is 28.7 Å². The van der Waals surface area contributed by atoms with Crippen LogP contribution in [0.15, 0.2) is 59.1 Å². The first-order valence-corrected chi connectivity index (χ1v) is 10.9. The number of carbonyl (C=O) groups excluding carboxylic acids is 3. The number of aromatic nitrogens is 1. The van der Waals surface area contributed by atoms with Crippen LogP contribution in [0.1, 0.15) is 20.9 Å². The first kappa shape index (κ1) is 21.7. The molecule has 9 nitrogen and oxygen atoms in total. The fourth-order valence-corrected chi connectivity index (χ4v) is 4.21. The molecule has 1 saturated heterocycles. The van der Waals surface area contributed by atoms with Gasteiger partial charge in [-0.05, 0) is 18.2 Å². The second-order valence-corrected chi connectivity index (χ2v) is 7.93. The van der Waals surface area contributed by atoms with Crippen molar-refractivity contribution in [3.8, 4) is 0 Å². The van der Waals surface area contributed by atoms with E-state index in [1.807, 2.05) is 24.3 Å². The summed E-state index contributed by atoms with van der Waals surface area (Å²) in [5, 5.41) is 4.20. The summed E-state index contributed by atoms with van der Waals surface area (Å²) in [6.45, 7) is 1.75. The van der Waals surface area contributed by atoms with Crippen molar-refractivity contribution in [2.24, 2.45) is 0 Å². The molecule has 0 aliphatic carbocycles. The number of nitrogens with one attached hydrogen (secondary N) is 1. The van der Waals surface area contributed by atoms with Gasteiger partial charge in [0.2, 0.25) is 11.7 Å². The first-order valence-electron chi connectivity index (χ1n) is 10.9. The van der Waals surface area contributed by atoms with Gasteiger partial charge in [0.05, 0.1) is 25.9 Å². The molecule has 2 aromatic carbocycles. The van der Waals surface area contributed by atoms with Gasteiger partial charge in [-0.1, -0.05) is 30.3 Å². The van der Waals surface area contributed by atoms with Crippen LogP contribution >= 0.6 is 0 Å². The Morgan fingerprint density at radius 1 is 1.00 bits per heavy atom. The number of para-hydroxylation sites is 2. The van der Waals surface area contributed by atoms with Crippen molar-refractivity contribution in [2.45, 2.75) is 6.54 Å². The minimum absolute atomic E-state index is 0.0673. The Kier molecular flexibility index (Phi) is 5.77. The number of esters is 1. The molecule has 3 heterocycles. The zero-order valence-corrected chi connectivity index (χ0v) is 18.6. The van der Waals surface area contributed by atoms with Gasteiger partial charge in [-0.25, -0.2) is 4.79 Å². The van der Waals surface area contributed by atoms with E-state index in [0.717, 1.165) is 5.52 Å². The van der Waals surface area contributed by atoms with Gasteiger partial charge in [-0.2, -0.15) is 0 Å². The highest BCUT2D eigenvalue weighted by Gasteiger charge is 2.28. The van der Waals surface area contributed by atoms with Gasteiger partial charge in [0.1, 0.15) is 17.8 Å². The van der Waals surface area contributed by atoms with Crippen LogP contribution < -0.4 is 5.32 Å². The molecule has 1 fully saturated rings. The number of methoxy groups -OCH3 is 1. The van der Waals surface area contributed by atoms with E-state index in [0.29, 0.717) is 53.9 Å². The summed E-state index contributed by atoms with van der Waals surface area (Å²) in [5.74, 6) is -1.05. The number of hydrogen-bond donors (Lipinski definition) is 1. The number of ether oxygens (including phenoxy) is 2. The van der Waals surface area contributed by atoms with E-state index in [1.165, 1.54) is 7.11 Å². The van der Waals surface area contributed by atoms with E-state index < -0.39 is 5.97 Å². The summed E-state index contributed by atoms with van der Waals surface area (Å²) < 4.78 is 17.8. The predicted molar refractivity (Wildman–Crippen MR) is 125 cm³/mol. The van der Waals surface area contributed by atoms with Crippen molar-refractivity contribution in [2.75, 3.05) is 38.7 Å². The number of furan rings is 1. The molecule has 1 aliphatic rings. The molecule has 0 spiro atoms. The summed E-state index contributed by atoms with van der Waals surface area (Å²) in [4.78, 5) is 40.2. The molecule has 0 saturated carbocycles. The van der Waals surface area contributed by atoms with E-state index >= 15 is 0 Å². The molecular weight excluding hydrogens is 438 g/mol. The lowest BCUT2D eigenvalue weighted by Crippen LogP contribution is -2.40. The number of carbonyl (C=O) groups is 3. The zero-order valence-electron chi connectivity index (χ0n) is 18.6. The van der Waals surface area contributed by atoms with E-state index in [4.69, 9.17) is 13.9 Å². The standard InChI is InChI=1S/C25H23N3O6/c1-32-25(31)18-14-28(19-8-4-2-6-16(18)19)15-21(29)26-22-17-7-3-5-9-20(17)34-23(22)24(30)27-10-12-33-13-11-27/h2-9,14H,10-13,15H2,1H3,(H,26,29).